The Labute approximate surface area is 102 Å². The molecule has 0 saturated carbocycles. The molecule has 0 unspecified atom stereocenters. The Balaban J connectivity index is 3.28. The molecule has 1 aromatic rings. The summed E-state index contributed by atoms with van der Waals surface area (Å²) in [5.74, 6) is -1.41. The van der Waals surface area contributed by atoms with E-state index >= 15 is 0 Å². The zero-order valence-electron chi connectivity index (χ0n) is 9.10. The molecule has 0 heterocycles. The van der Waals surface area contributed by atoms with E-state index in [2.05, 4.69) is 15.9 Å². The molecule has 0 aliphatic carbocycles. The van der Waals surface area contributed by atoms with Crippen LogP contribution in [0.2, 0.25) is 0 Å². The van der Waals surface area contributed by atoms with Crippen molar-refractivity contribution in [1.82, 2.24) is 0 Å². The van der Waals surface area contributed by atoms with Crippen molar-refractivity contribution in [2.24, 2.45) is 11.1 Å². The molecule has 1 atom stereocenters. The van der Waals surface area contributed by atoms with Gasteiger partial charge in [0, 0.05) is 23.6 Å². The third-order valence-corrected chi connectivity index (χ3v) is 3.25. The van der Waals surface area contributed by atoms with Crippen LogP contribution < -0.4 is 5.73 Å². The summed E-state index contributed by atoms with van der Waals surface area (Å²) in [7, 11) is 0. The summed E-state index contributed by atoms with van der Waals surface area (Å²) in [6, 6.07) is 1.53. The van der Waals surface area contributed by atoms with Crippen molar-refractivity contribution in [2.45, 2.75) is 19.9 Å². The van der Waals surface area contributed by atoms with Crippen molar-refractivity contribution in [1.29, 1.82) is 0 Å². The van der Waals surface area contributed by atoms with Crippen LogP contribution in [0.25, 0.3) is 0 Å². The average Bonchev–Trinajstić information content (AvgIpc) is 2.24. The van der Waals surface area contributed by atoms with Crippen LogP contribution in [0.5, 0.6) is 0 Å². The maximum absolute atomic E-state index is 13.7. The summed E-state index contributed by atoms with van der Waals surface area (Å²) >= 11 is 2.98. The van der Waals surface area contributed by atoms with Gasteiger partial charge in [-0.15, -0.1) is 0 Å². The van der Waals surface area contributed by atoms with Crippen molar-refractivity contribution in [2.75, 3.05) is 6.61 Å². The Morgan fingerprint density at radius 3 is 2.50 bits per heavy atom. The van der Waals surface area contributed by atoms with E-state index in [1.807, 2.05) is 0 Å². The largest absolute Gasteiger partial charge is 0.396 e. The molecule has 5 heteroatoms. The van der Waals surface area contributed by atoms with Crippen molar-refractivity contribution in [3.63, 3.8) is 0 Å². The Morgan fingerprint density at radius 2 is 2.00 bits per heavy atom. The normalized spacial score (nSPS) is 13.9. The SMILES string of the molecule is CC(C)(CO)[C@H](N)c1c(F)ccc(Br)c1F. The van der Waals surface area contributed by atoms with Gasteiger partial charge in [-0.2, -0.15) is 0 Å². The molecule has 1 rings (SSSR count). The molecule has 90 valence electrons. The molecule has 0 spiro atoms. The van der Waals surface area contributed by atoms with Gasteiger partial charge >= 0.3 is 0 Å². The lowest BCUT2D eigenvalue weighted by Crippen LogP contribution is -2.33. The van der Waals surface area contributed by atoms with E-state index in [9.17, 15) is 8.78 Å². The molecule has 0 bridgehead atoms. The monoisotopic (exact) mass is 293 g/mol. The molecule has 0 radical (unpaired) electrons. The first-order chi connectivity index (χ1) is 7.31. The van der Waals surface area contributed by atoms with Gasteiger partial charge in [-0.05, 0) is 28.1 Å². The first-order valence-electron chi connectivity index (χ1n) is 4.81. The number of aliphatic hydroxyl groups is 1. The Morgan fingerprint density at radius 1 is 1.44 bits per heavy atom. The zero-order chi connectivity index (χ0) is 12.5. The second-order valence-corrected chi connectivity index (χ2v) is 5.24. The Bertz CT molecular complexity index is 396. The molecule has 0 fully saturated rings. The number of hydrogen-bond acceptors (Lipinski definition) is 2. The highest BCUT2D eigenvalue weighted by atomic mass is 79.9. The van der Waals surface area contributed by atoms with Gasteiger partial charge < -0.3 is 10.8 Å². The van der Waals surface area contributed by atoms with E-state index in [1.54, 1.807) is 13.8 Å². The highest BCUT2D eigenvalue weighted by molar-refractivity contribution is 9.10. The Kier molecular flexibility index (Phi) is 4.04. The van der Waals surface area contributed by atoms with Crippen LogP contribution in [0.1, 0.15) is 25.5 Å². The van der Waals surface area contributed by atoms with E-state index in [0.717, 1.165) is 6.07 Å². The van der Waals surface area contributed by atoms with Crippen LogP contribution in [0.15, 0.2) is 16.6 Å². The highest BCUT2D eigenvalue weighted by Crippen LogP contribution is 2.35. The van der Waals surface area contributed by atoms with Gasteiger partial charge in [0.1, 0.15) is 11.6 Å². The van der Waals surface area contributed by atoms with Gasteiger partial charge in [0.05, 0.1) is 4.47 Å². The second-order valence-electron chi connectivity index (χ2n) is 4.38. The summed E-state index contributed by atoms with van der Waals surface area (Å²) < 4.78 is 27.4. The van der Waals surface area contributed by atoms with Crippen LogP contribution >= 0.6 is 15.9 Å². The molecule has 0 aliphatic heterocycles. The van der Waals surface area contributed by atoms with Gasteiger partial charge in [-0.3, -0.25) is 0 Å². The van der Waals surface area contributed by atoms with E-state index in [1.165, 1.54) is 6.07 Å². The molecule has 3 N–H and O–H groups in total. The first-order valence-corrected chi connectivity index (χ1v) is 5.60. The van der Waals surface area contributed by atoms with Crippen LogP contribution in [-0.2, 0) is 0 Å². The fourth-order valence-electron chi connectivity index (χ4n) is 1.32. The van der Waals surface area contributed by atoms with Crippen molar-refractivity contribution < 1.29 is 13.9 Å². The van der Waals surface area contributed by atoms with E-state index in [4.69, 9.17) is 10.8 Å². The van der Waals surface area contributed by atoms with Gasteiger partial charge in [0.25, 0.3) is 0 Å². The minimum absolute atomic E-state index is 0.160. The lowest BCUT2D eigenvalue weighted by Gasteiger charge is -2.30. The summed E-state index contributed by atoms with van der Waals surface area (Å²) in [5, 5.41) is 9.14. The fraction of sp³-hybridized carbons (Fsp3) is 0.455. The highest BCUT2D eigenvalue weighted by Gasteiger charge is 2.31. The molecule has 1 aromatic carbocycles. The lowest BCUT2D eigenvalue weighted by atomic mass is 9.81. The lowest BCUT2D eigenvalue weighted by molar-refractivity contribution is 0.129. The minimum Gasteiger partial charge on any atom is -0.396 e. The average molecular weight is 294 g/mol. The summed E-state index contributed by atoms with van der Waals surface area (Å²) in [5.41, 5.74) is 4.80. The third-order valence-electron chi connectivity index (χ3n) is 2.64. The number of hydrogen-bond donors (Lipinski definition) is 2. The standard InChI is InChI=1S/C11H14BrF2NO/c1-11(2,5-16)10(15)8-7(13)4-3-6(12)9(8)14/h3-4,10,16H,5,15H2,1-2H3/t10-/m1/s1. The maximum Gasteiger partial charge on any atom is 0.145 e. The quantitative estimate of drug-likeness (QED) is 0.842. The number of halogens is 3. The van der Waals surface area contributed by atoms with Gasteiger partial charge in [0.15, 0.2) is 0 Å². The van der Waals surface area contributed by atoms with E-state index in [-0.39, 0.29) is 16.6 Å². The second kappa shape index (κ2) is 4.77. The summed E-state index contributed by atoms with van der Waals surface area (Å²) in [6.07, 6.45) is 0. The summed E-state index contributed by atoms with van der Waals surface area (Å²) in [4.78, 5) is 0. The van der Waals surface area contributed by atoms with E-state index < -0.39 is 23.1 Å². The molecule has 0 amide bonds. The number of rotatable bonds is 3. The Hall–Kier alpha value is -0.520. The van der Waals surface area contributed by atoms with Gasteiger partial charge in [-0.1, -0.05) is 13.8 Å². The first kappa shape index (κ1) is 13.5. The zero-order valence-corrected chi connectivity index (χ0v) is 10.7. The maximum atomic E-state index is 13.7. The smallest absolute Gasteiger partial charge is 0.145 e. The number of nitrogens with two attached hydrogens (primary N) is 1. The van der Waals surface area contributed by atoms with Crippen LogP contribution in [-0.4, -0.2) is 11.7 Å². The van der Waals surface area contributed by atoms with E-state index in [0.29, 0.717) is 0 Å². The minimum atomic E-state index is -0.907. The summed E-state index contributed by atoms with van der Waals surface area (Å²) in [6.45, 7) is 3.05. The predicted molar refractivity (Wildman–Crippen MR) is 61.9 cm³/mol. The fourth-order valence-corrected chi connectivity index (χ4v) is 1.66. The molecule has 0 saturated heterocycles. The van der Waals surface area contributed by atoms with Crippen LogP contribution in [0.3, 0.4) is 0 Å². The predicted octanol–water partition coefficient (Wildman–Crippen LogP) is 2.75. The van der Waals surface area contributed by atoms with Crippen LogP contribution in [0.4, 0.5) is 8.78 Å². The van der Waals surface area contributed by atoms with Crippen molar-refractivity contribution in [3.8, 4) is 0 Å². The third kappa shape index (κ3) is 2.42. The van der Waals surface area contributed by atoms with Crippen molar-refractivity contribution >= 4 is 15.9 Å². The molecule has 16 heavy (non-hydrogen) atoms. The molecule has 0 aliphatic rings. The number of benzene rings is 1. The van der Waals surface area contributed by atoms with Crippen molar-refractivity contribution in [3.05, 3.63) is 33.8 Å². The topological polar surface area (TPSA) is 46.2 Å². The van der Waals surface area contributed by atoms with Gasteiger partial charge in [-0.25, -0.2) is 8.78 Å². The van der Waals surface area contributed by atoms with Crippen LogP contribution in [0, 0.1) is 17.0 Å². The molecular weight excluding hydrogens is 280 g/mol. The van der Waals surface area contributed by atoms with Gasteiger partial charge in [0.2, 0.25) is 0 Å². The molecule has 0 aromatic heterocycles. The molecule has 2 nitrogen and oxygen atoms in total. The number of aliphatic hydroxyl groups excluding tert-OH is 1. The molecular formula is C11H14BrF2NO.